The average Bonchev–Trinajstić information content (AvgIpc) is 2.74. The van der Waals surface area contributed by atoms with E-state index in [9.17, 15) is 0 Å². The van der Waals surface area contributed by atoms with Gasteiger partial charge in [-0.2, -0.15) is 0 Å². The zero-order chi connectivity index (χ0) is 9.53. The Hall–Kier alpha value is -0.0400. The zero-order valence-corrected chi connectivity index (χ0v) is 9.40. The van der Waals surface area contributed by atoms with E-state index in [1.54, 1.807) is 0 Å². The van der Waals surface area contributed by atoms with Crippen molar-refractivity contribution < 1.29 is 0 Å². The van der Waals surface area contributed by atoms with Gasteiger partial charge in [0.25, 0.3) is 0 Å². The Morgan fingerprint density at radius 2 is 1.85 bits per heavy atom. The van der Waals surface area contributed by atoms with Gasteiger partial charge in [0, 0.05) is 13.1 Å². The summed E-state index contributed by atoms with van der Waals surface area (Å²) < 4.78 is 0. The summed E-state index contributed by atoms with van der Waals surface area (Å²) in [7, 11) is 0. The van der Waals surface area contributed by atoms with E-state index >= 15 is 0 Å². The number of rotatable bonds is 3. The Kier molecular flexibility index (Phi) is 2.18. The first-order valence-electron chi connectivity index (χ1n) is 5.78. The second kappa shape index (κ2) is 2.98. The van der Waals surface area contributed by atoms with Gasteiger partial charge in [0.15, 0.2) is 0 Å². The maximum absolute atomic E-state index is 2.69. The van der Waals surface area contributed by atoms with Crippen LogP contribution in [0.5, 0.6) is 0 Å². The highest BCUT2D eigenvalue weighted by Gasteiger charge is 2.43. The molecular formula is C12H23N. The third-order valence-electron chi connectivity index (χ3n) is 4.02. The SMILES string of the molecule is CCC1(CN2CCC(C)(C)C2)CC1. The molecule has 0 radical (unpaired) electrons. The van der Waals surface area contributed by atoms with Crippen molar-refractivity contribution >= 4 is 0 Å². The minimum Gasteiger partial charge on any atom is -0.302 e. The van der Waals surface area contributed by atoms with Gasteiger partial charge in [-0.05, 0) is 43.1 Å². The summed E-state index contributed by atoms with van der Waals surface area (Å²) >= 11 is 0. The van der Waals surface area contributed by atoms with Crippen molar-refractivity contribution in [3.63, 3.8) is 0 Å². The fourth-order valence-electron chi connectivity index (χ4n) is 2.63. The second-order valence-electron chi connectivity index (χ2n) is 5.98. The van der Waals surface area contributed by atoms with Gasteiger partial charge in [-0.3, -0.25) is 0 Å². The van der Waals surface area contributed by atoms with E-state index < -0.39 is 0 Å². The molecular weight excluding hydrogens is 158 g/mol. The van der Waals surface area contributed by atoms with Crippen LogP contribution in [0.25, 0.3) is 0 Å². The van der Waals surface area contributed by atoms with Crippen LogP contribution in [0.15, 0.2) is 0 Å². The number of nitrogens with zero attached hydrogens (tertiary/aromatic N) is 1. The van der Waals surface area contributed by atoms with E-state index in [-0.39, 0.29) is 0 Å². The molecule has 1 saturated heterocycles. The van der Waals surface area contributed by atoms with Crippen molar-refractivity contribution in [2.24, 2.45) is 10.8 Å². The van der Waals surface area contributed by atoms with Crippen molar-refractivity contribution in [3.05, 3.63) is 0 Å². The van der Waals surface area contributed by atoms with Crippen LogP contribution in [-0.2, 0) is 0 Å². The molecule has 1 saturated carbocycles. The molecule has 2 fully saturated rings. The van der Waals surface area contributed by atoms with E-state index in [1.165, 1.54) is 45.3 Å². The number of hydrogen-bond acceptors (Lipinski definition) is 1. The first-order valence-corrected chi connectivity index (χ1v) is 5.78. The summed E-state index contributed by atoms with van der Waals surface area (Å²) in [5.74, 6) is 0. The Bertz CT molecular complexity index is 191. The predicted octanol–water partition coefficient (Wildman–Crippen LogP) is 2.91. The Balaban J connectivity index is 1.84. The van der Waals surface area contributed by atoms with E-state index in [4.69, 9.17) is 0 Å². The summed E-state index contributed by atoms with van der Waals surface area (Å²) in [4.78, 5) is 2.69. The molecule has 2 aliphatic rings. The largest absolute Gasteiger partial charge is 0.302 e. The van der Waals surface area contributed by atoms with Crippen LogP contribution in [0.4, 0.5) is 0 Å². The fourth-order valence-corrected chi connectivity index (χ4v) is 2.63. The standard InChI is InChI=1S/C12H23N/c1-4-12(5-6-12)10-13-8-7-11(2,3)9-13/h4-10H2,1-3H3. The van der Waals surface area contributed by atoms with Gasteiger partial charge in [-0.15, -0.1) is 0 Å². The molecule has 0 amide bonds. The van der Waals surface area contributed by atoms with Crippen LogP contribution >= 0.6 is 0 Å². The lowest BCUT2D eigenvalue weighted by Gasteiger charge is -2.24. The Morgan fingerprint density at radius 3 is 2.23 bits per heavy atom. The van der Waals surface area contributed by atoms with E-state index in [1.807, 2.05) is 0 Å². The lowest BCUT2D eigenvalue weighted by Crippen LogP contribution is -2.29. The summed E-state index contributed by atoms with van der Waals surface area (Å²) in [6.07, 6.45) is 5.76. The van der Waals surface area contributed by atoms with Crippen LogP contribution in [-0.4, -0.2) is 24.5 Å². The third-order valence-corrected chi connectivity index (χ3v) is 4.02. The molecule has 0 aromatic rings. The van der Waals surface area contributed by atoms with Crippen molar-refractivity contribution in [1.82, 2.24) is 4.90 Å². The van der Waals surface area contributed by atoms with Gasteiger partial charge in [-0.25, -0.2) is 0 Å². The monoisotopic (exact) mass is 181 g/mol. The molecule has 0 aromatic heterocycles. The van der Waals surface area contributed by atoms with Crippen molar-refractivity contribution in [3.8, 4) is 0 Å². The summed E-state index contributed by atoms with van der Waals surface area (Å²) in [6, 6.07) is 0. The summed E-state index contributed by atoms with van der Waals surface area (Å²) in [5.41, 5.74) is 1.34. The average molecular weight is 181 g/mol. The van der Waals surface area contributed by atoms with Gasteiger partial charge in [0.1, 0.15) is 0 Å². The molecule has 0 bridgehead atoms. The lowest BCUT2D eigenvalue weighted by atomic mass is 9.93. The normalized spacial score (nSPS) is 30.7. The van der Waals surface area contributed by atoms with Gasteiger partial charge in [0.05, 0.1) is 0 Å². The first-order chi connectivity index (χ1) is 6.05. The minimum absolute atomic E-state index is 0.587. The Labute approximate surface area is 82.5 Å². The van der Waals surface area contributed by atoms with Crippen LogP contribution in [0, 0.1) is 10.8 Å². The highest BCUT2D eigenvalue weighted by atomic mass is 15.2. The minimum atomic E-state index is 0.587. The molecule has 0 N–H and O–H groups in total. The molecule has 1 heteroatoms. The highest BCUT2D eigenvalue weighted by Crippen LogP contribution is 2.50. The lowest BCUT2D eigenvalue weighted by molar-refractivity contribution is 0.234. The van der Waals surface area contributed by atoms with Crippen molar-refractivity contribution in [1.29, 1.82) is 0 Å². The molecule has 2 rings (SSSR count). The highest BCUT2D eigenvalue weighted by molar-refractivity contribution is 4.96. The van der Waals surface area contributed by atoms with E-state index in [0.717, 1.165) is 5.41 Å². The predicted molar refractivity (Wildman–Crippen MR) is 56.8 cm³/mol. The molecule has 1 nitrogen and oxygen atoms in total. The van der Waals surface area contributed by atoms with E-state index in [2.05, 4.69) is 25.7 Å². The molecule has 1 aliphatic carbocycles. The van der Waals surface area contributed by atoms with Crippen LogP contribution < -0.4 is 0 Å². The Morgan fingerprint density at radius 1 is 1.15 bits per heavy atom. The van der Waals surface area contributed by atoms with Crippen molar-refractivity contribution in [2.75, 3.05) is 19.6 Å². The summed E-state index contributed by atoms with van der Waals surface area (Å²) in [6.45, 7) is 11.2. The van der Waals surface area contributed by atoms with Crippen LogP contribution in [0.2, 0.25) is 0 Å². The van der Waals surface area contributed by atoms with Crippen LogP contribution in [0.3, 0.4) is 0 Å². The summed E-state index contributed by atoms with van der Waals surface area (Å²) in [5, 5.41) is 0. The van der Waals surface area contributed by atoms with Gasteiger partial charge >= 0.3 is 0 Å². The molecule has 0 aromatic carbocycles. The number of likely N-dealkylation sites (tertiary alicyclic amines) is 1. The molecule has 1 heterocycles. The molecule has 0 atom stereocenters. The molecule has 76 valence electrons. The zero-order valence-electron chi connectivity index (χ0n) is 9.40. The fraction of sp³-hybridized carbons (Fsp3) is 1.00. The molecule has 0 spiro atoms. The van der Waals surface area contributed by atoms with Gasteiger partial charge in [-0.1, -0.05) is 20.8 Å². The van der Waals surface area contributed by atoms with E-state index in [0.29, 0.717) is 5.41 Å². The maximum Gasteiger partial charge on any atom is 0.00381 e. The topological polar surface area (TPSA) is 3.24 Å². The van der Waals surface area contributed by atoms with Crippen molar-refractivity contribution in [2.45, 2.75) is 46.5 Å². The van der Waals surface area contributed by atoms with Gasteiger partial charge < -0.3 is 4.90 Å². The number of hydrogen-bond donors (Lipinski definition) is 0. The molecule has 13 heavy (non-hydrogen) atoms. The second-order valence-corrected chi connectivity index (χ2v) is 5.98. The molecule has 0 unspecified atom stereocenters. The third kappa shape index (κ3) is 2.07. The van der Waals surface area contributed by atoms with Gasteiger partial charge in [0.2, 0.25) is 0 Å². The molecule has 1 aliphatic heterocycles. The first kappa shape index (κ1) is 9.51. The quantitative estimate of drug-likeness (QED) is 0.647. The maximum atomic E-state index is 2.69. The van der Waals surface area contributed by atoms with Crippen LogP contribution in [0.1, 0.15) is 46.5 Å². The smallest absolute Gasteiger partial charge is 0.00381 e.